The standard InChI is InChI=1S/C17H29BO4.C8H9BO4/c1-2-3-4-5-6-7-8-9-10-11-12-18-15(13-16(19)21-18)14-17(20)22-18;1-2-3-9-6(4-7(10)12-9)5-8(11)13-9/h2-14H2,1H3;2-3H,4-5H2,1H3/b;3-2+. The van der Waals surface area contributed by atoms with Crippen LogP contribution in [0.2, 0.25) is 6.32 Å². The summed E-state index contributed by atoms with van der Waals surface area (Å²) in [7, 11) is 0. The van der Waals surface area contributed by atoms with Crippen molar-refractivity contribution in [1.29, 1.82) is 0 Å². The molecule has 0 aliphatic carbocycles. The molecule has 4 heterocycles. The first kappa shape index (κ1) is 27.1. The molecule has 0 saturated carbocycles. The second-order valence-electron chi connectivity index (χ2n) is 10.1. The molecule has 4 saturated heterocycles. The normalized spacial score (nSPS) is 21.3. The van der Waals surface area contributed by atoms with Gasteiger partial charge in [0.1, 0.15) is 25.7 Å². The number of allylic oxidation sites excluding steroid dienone is 1. The lowest BCUT2D eigenvalue weighted by molar-refractivity contribution is -0.140. The predicted molar refractivity (Wildman–Crippen MR) is 132 cm³/mol. The molecule has 0 radical (unpaired) electrons. The summed E-state index contributed by atoms with van der Waals surface area (Å²) in [6, 6.07) is 0. The van der Waals surface area contributed by atoms with Crippen LogP contribution >= 0.6 is 0 Å². The van der Waals surface area contributed by atoms with Crippen molar-refractivity contribution in [2.24, 2.45) is 0 Å². The summed E-state index contributed by atoms with van der Waals surface area (Å²) >= 11 is 0. The zero-order chi connectivity index (χ0) is 25.3. The maximum atomic E-state index is 11.4. The Morgan fingerprint density at radius 2 is 1.09 bits per heavy atom. The summed E-state index contributed by atoms with van der Waals surface area (Å²) < 4.78 is 20.8. The van der Waals surface area contributed by atoms with Gasteiger partial charge in [-0.05, 0) is 13.2 Å². The van der Waals surface area contributed by atoms with Crippen molar-refractivity contribution in [3.63, 3.8) is 0 Å². The smallest absolute Gasteiger partial charge is 0.581 e. The van der Waals surface area contributed by atoms with Gasteiger partial charge < -0.3 is 18.6 Å². The molecular weight excluding hydrogens is 450 g/mol. The minimum Gasteiger partial charge on any atom is -0.613 e. The molecule has 4 rings (SSSR count). The maximum absolute atomic E-state index is 11.4. The molecule has 10 heteroatoms. The van der Waals surface area contributed by atoms with E-state index in [0.29, 0.717) is 6.32 Å². The average molecular weight is 488 g/mol. The number of carbonyl (C=O) groups excluding carboxylic acids is 4. The molecule has 0 aromatic carbocycles. The van der Waals surface area contributed by atoms with Crippen LogP contribution < -0.4 is 0 Å². The first-order chi connectivity index (χ1) is 16.8. The Kier molecular flexibility index (Phi) is 9.63. The molecule has 0 bridgehead atoms. The van der Waals surface area contributed by atoms with E-state index in [-0.39, 0.29) is 49.6 Å². The van der Waals surface area contributed by atoms with Crippen LogP contribution in [-0.4, -0.2) is 37.0 Å². The SMILES string of the molecule is C/C=C/[B-]12OC(=O)C[C+]1CC(=O)O2.CCCCCCCCCCCC[B-]12OC(=O)C[C+]1CC(=O)O2. The molecule has 0 amide bonds. The lowest BCUT2D eigenvalue weighted by atomic mass is 9.46. The topological polar surface area (TPSA) is 105 Å². The minimum atomic E-state index is -1.85. The zero-order valence-electron chi connectivity index (χ0n) is 21.2. The van der Waals surface area contributed by atoms with Crippen molar-refractivity contribution < 1.29 is 37.8 Å². The van der Waals surface area contributed by atoms with E-state index in [4.69, 9.17) is 18.6 Å². The highest BCUT2D eigenvalue weighted by atomic mass is 16.7. The second-order valence-corrected chi connectivity index (χ2v) is 10.1. The fourth-order valence-corrected chi connectivity index (χ4v) is 5.52. The van der Waals surface area contributed by atoms with Gasteiger partial charge in [0.05, 0.1) is 0 Å². The van der Waals surface area contributed by atoms with E-state index in [2.05, 4.69) is 6.92 Å². The van der Waals surface area contributed by atoms with Crippen molar-refractivity contribution in [1.82, 2.24) is 0 Å². The van der Waals surface area contributed by atoms with E-state index in [1.54, 1.807) is 19.0 Å². The number of unbranched alkanes of at least 4 members (excludes halogenated alkanes) is 9. The number of carbonyl (C=O) groups is 4. The van der Waals surface area contributed by atoms with E-state index >= 15 is 0 Å². The van der Waals surface area contributed by atoms with E-state index < -0.39 is 13.1 Å². The van der Waals surface area contributed by atoms with Gasteiger partial charge >= 0.3 is 37.0 Å². The summed E-state index contributed by atoms with van der Waals surface area (Å²) in [6.45, 7) is 0.477. The molecule has 35 heavy (non-hydrogen) atoms. The highest BCUT2D eigenvalue weighted by molar-refractivity contribution is 6.84. The molecule has 4 aliphatic heterocycles. The Hall–Kier alpha value is -2.51. The third-order valence-corrected chi connectivity index (χ3v) is 7.32. The predicted octanol–water partition coefficient (Wildman–Crippen LogP) is 4.91. The largest absolute Gasteiger partial charge is 0.613 e. The van der Waals surface area contributed by atoms with Crippen molar-refractivity contribution >= 4 is 37.0 Å². The average Bonchev–Trinajstić information content (AvgIpc) is 3.43. The fraction of sp³-hybridized carbons (Fsp3) is 0.680. The van der Waals surface area contributed by atoms with E-state index in [1.807, 2.05) is 0 Å². The Morgan fingerprint density at radius 3 is 1.57 bits per heavy atom. The molecule has 4 fully saturated rings. The molecule has 0 aromatic heterocycles. The molecule has 0 aromatic rings. The van der Waals surface area contributed by atoms with Gasteiger partial charge in [0.25, 0.3) is 0 Å². The van der Waals surface area contributed by atoms with Gasteiger partial charge in [-0.25, -0.2) is 0 Å². The van der Waals surface area contributed by atoms with Crippen LogP contribution in [0.25, 0.3) is 0 Å². The quantitative estimate of drug-likeness (QED) is 0.217. The van der Waals surface area contributed by atoms with Crippen LogP contribution in [-0.2, 0) is 37.8 Å². The van der Waals surface area contributed by atoms with Crippen LogP contribution in [0.5, 0.6) is 0 Å². The first-order valence-corrected chi connectivity index (χ1v) is 13.3. The molecule has 8 nitrogen and oxygen atoms in total. The third-order valence-electron chi connectivity index (χ3n) is 7.32. The van der Waals surface area contributed by atoms with Crippen molar-refractivity contribution in [2.75, 3.05) is 0 Å². The van der Waals surface area contributed by atoms with Gasteiger partial charge in [0.15, 0.2) is 0 Å². The molecule has 192 valence electrons. The monoisotopic (exact) mass is 488 g/mol. The number of fused-ring (bicyclic) bond motifs is 2. The maximum Gasteiger partial charge on any atom is 0.581 e. The molecule has 4 aliphatic rings. The summed E-state index contributed by atoms with van der Waals surface area (Å²) in [5.74, 6) is 2.26. The summed E-state index contributed by atoms with van der Waals surface area (Å²) in [5.41, 5.74) is 0. The Balaban J connectivity index is 0.000000223. The molecule has 0 atom stereocenters. The summed E-state index contributed by atoms with van der Waals surface area (Å²) in [5, 5.41) is 0. The highest BCUT2D eigenvalue weighted by Gasteiger charge is 2.64. The summed E-state index contributed by atoms with van der Waals surface area (Å²) in [4.78, 5) is 44.8. The summed E-state index contributed by atoms with van der Waals surface area (Å²) in [6.07, 6.45) is 16.1. The van der Waals surface area contributed by atoms with Crippen molar-refractivity contribution in [3.05, 3.63) is 23.7 Å². The highest BCUT2D eigenvalue weighted by Crippen LogP contribution is 2.44. The molecule has 0 spiro atoms. The molecule has 0 N–H and O–H groups in total. The van der Waals surface area contributed by atoms with Crippen LogP contribution in [0.1, 0.15) is 104 Å². The van der Waals surface area contributed by atoms with E-state index in [9.17, 15) is 19.2 Å². The number of hydrogen-bond acceptors (Lipinski definition) is 8. The Bertz CT molecular complexity index is 771. The lowest BCUT2D eigenvalue weighted by Crippen LogP contribution is -2.39. The van der Waals surface area contributed by atoms with Gasteiger partial charge in [0.2, 0.25) is 0 Å². The van der Waals surface area contributed by atoms with Gasteiger partial charge in [-0.15, -0.1) is 12.1 Å². The molecule has 0 unspecified atom stereocenters. The van der Waals surface area contributed by atoms with Gasteiger partial charge in [-0.1, -0.05) is 71.1 Å². The van der Waals surface area contributed by atoms with Crippen LogP contribution in [0.15, 0.2) is 12.1 Å². The van der Waals surface area contributed by atoms with Gasteiger partial charge in [0, 0.05) is 11.6 Å². The van der Waals surface area contributed by atoms with Crippen LogP contribution in [0.4, 0.5) is 0 Å². The first-order valence-electron chi connectivity index (χ1n) is 13.3. The number of rotatable bonds is 12. The number of hydrogen-bond donors (Lipinski definition) is 0. The molecular formula is C25H38B2O8. The van der Waals surface area contributed by atoms with Gasteiger partial charge in [-0.2, -0.15) is 0 Å². The zero-order valence-corrected chi connectivity index (χ0v) is 21.2. The Morgan fingerprint density at radius 1 is 0.657 bits per heavy atom. The van der Waals surface area contributed by atoms with E-state index in [0.717, 1.165) is 24.5 Å². The minimum absolute atomic E-state index is 0.218. The fourth-order valence-electron chi connectivity index (χ4n) is 5.52. The van der Waals surface area contributed by atoms with Gasteiger partial charge in [-0.3, -0.25) is 19.2 Å². The van der Waals surface area contributed by atoms with Crippen molar-refractivity contribution in [2.45, 2.75) is 110 Å². The lowest BCUT2D eigenvalue weighted by Gasteiger charge is -2.24. The third kappa shape index (κ3) is 7.01. The van der Waals surface area contributed by atoms with Crippen LogP contribution in [0, 0.1) is 11.6 Å². The second kappa shape index (κ2) is 12.5. The Labute approximate surface area is 208 Å². The van der Waals surface area contributed by atoms with Crippen molar-refractivity contribution in [3.8, 4) is 0 Å². The van der Waals surface area contributed by atoms with Crippen LogP contribution in [0.3, 0.4) is 0 Å². The van der Waals surface area contributed by atoms with E-state index in [1.165, 1.54) is 51.4 Å².